The van der Waals surface area contributed by atoms with Gasteiger partial charge in [-0.25, -0.2) is 4.79 Å². The molecule has 31 heavy (non-hydrogen) atoms. The standard InChI is InChI=1S/C19H23Br2N5O4S/c1-4-30-19(29)25-7-5-24(6-8-25)18(28)12(3)26-10-14(11(2)23-26)22-17(27)15-9-13(20)16(21)31-15/h9-10,12H,4-8H2,1-3H3,(H,22,27). The minimum atomic E-state index is -0.538. The van der Waals surface area contributed by atoms with Gasteiger partial charge < -0.3 is 19.9 Å². The second-order valence-corrected chi connectivity index (χ2v) is 10.2. The number of aromatic nitrogens is 2. The van der Waals surface area contributed by atoms with Crippen molar-refractivity contribution in [2.24, 2.45) is 0 Å². The molecule has 9 nitrogen and oxygen atoms in total. The fourth-order valence-corrected chi connectivity index (χ4v) is 5.08. The Morgan fingerprint density at radius 2 is 1.87 bits per heavy atom. The second-order valence-electron chi connectivity index (χ2n) is 6.98. The van der Waals surface area contributed by atoms with Gasteiger partial charge in [0.1, 0.15) is 6.04 Å². The lowest BCUT2D eigenvalue weighted by molar-refractivity contribution is -0.136. The molecule has 1 aliphatic rings. The lowest BCUT2D eigenvalue weighted by atomic mass is 10.2. The third kappa shape index (κ3) is 5.47. The first-order valence-corrected chi connectivity index (χ1v) is 12.1. The number of hydrogen-bond acceptors (Lipinski definition) is 6. The Kier molecular flexibility index (Phi) is 7.76. The molecule has 0 aromatic carbocycles. The van der Waals surface area contributed by atoms with E-state index >= 15 is 0 Å². The molecule has 3 heterocycles. The van der Waals surface area contributed by atoms with E-state index in [0.717, 1.165) is 8.26 Å². The Hall–Kier alpha value is -1.92. The van der Waals surface area contributed by atoms with Crippen molar-refractivity contribution in [1.29, 1.82) is 0 Å². The summed E-state index contributed by atoms with van der Waals surface area (Å²) in [7, 11) is 0. The molecule has 1 atom stereocenters. The summed E-state index contributed by atoms with van der Waals surface area (Å²) in [6.07, 6.45) is 1.32. The molecule has 1 N–H and O–H groups in total. The topological polar surface area (TPSA) is 96.8 Å². The van der Waals surface area contributed by atoms with Crippen LogP contribution in [-0.4, -0.2) is 70.3 Å². The molecule has 3 amide bonds. The van der Waals surface area contributed by atoms with Gasteiger partial charge in [0.05, 0.1) is 26.7 Å². The molecule has 0 saturated carbocycles. The molecule has 0 bridgehead atoms. The number of hydrogen-bond donors (Lipinski definition) is 1. The number of nitrogens with one attached hydrogen (secondary N) is 1. The molecule has 1 unspecified atom stereocenters. The third-order valence-electron chi connectivity index (χ3n) is 4.91. The van der Waals surface area contributed by atoms with E-state index in [0.29, 0.717) is 49.0 Å². The van der Waals surface area contributed by atoms with Gasteiger partial charge >= 0.3 is 6.09 Å². The van der Waals surface area contributed by atoms with Crippen LogP contribution in [0.2, 0.25) is 0 Å². The van der Waals surface area contributed by atoms with Crippen LogP contribution < -0.4 is 5.32 Å². The van der Waals surface area contributed by atoms with Crippen LogP contribution >= 0.6 is 43.2 Å². The van der Waals surface area contributed by atoms with Crippen LogP contribution in [0, 0.1) is 6.92 Å². The highest BCUT2D eigenvalue weighted by atomic mass is 79.9. The van der Waals surface area contributed by atoms with Gasteiger partial charge in [-0.05, 0) is 58.7 Å². The monoisotopic (exact) mass is 575 g/mol. The van der Waals surface area contributed by atoms with Crippen LogP contribution in [0.5, 0.6) is 0 Å². The Morgan fingerprint density at radius 3 is 2.45 bits per heavy atom. The zero-order chi connectivity index (χ0) is 22.7. The number of carbonyl (C=O) groups excluding carboxylic acids is 3. The number of rotatable bonds is 5. The van der Waals surface area contributed by atoms with Gasteiger partial charge in [-0.3, -0.25) is 14.3 Å². The molecule has 0 radical (unpaired) electrons. The minimum Gasteiger partial charge on any atom is -0.450 e. The first kappa shape index (κ1) is 23.7. The highest BCUT2D eigenvalue weighted by molar-refractivity contribution is 9.13. The fourth-order valence-electron chi connectivity index (χ4n) is 3.15. The minimum absolute atomic E-state index is 0.0880. The van der Waals surface area contributed by atoms with E-state index < -0.39 is 6.04 Å². The summed E-state index contributed by atoms with van der Waals surface area (Å²) in [5.74, 6) is -0.330. The molecule has 12 heteroatoms. The maximum absolute atomic E-state index is 12.9. The van der Waals surface area contributed by atoms with Crippen molar-refractivity contribution in [2.45, 2.75) is 26.8 Å². The number of nitrogens with zero attached hydrogens (tertiary/aromatic N) is 4. The third-order valence-corrected chi connectivity index (χ3v) is 8.16. The number of piperazine rings is 1. The molecule has 1 aliphatic heterocycles. The number of aryl methyl sites for hydroxylation is 1. The molecule has 168 valence electrons. The summed E-state index contributed by atoms with van der Waals surface area (Å²) in [6, 6.07) is 1.20. The van der Waals surface area contributed by atoms with E-state index in [9.17, 15) is 14.4 Å². The zero-order valence-electron chi connectivity index (χ0n) is 17.4. The largest absolute Gasteiger partial charge is 0.450 e. The van der Waals surface area contributed by atoms with E-state index in [1.165, 1.54) is 11.3 Å². The van der Waals surface area contributed by atoms with Crippen LogP contribution in [0.15, 0.2) is 20.5 Å². The average Bonchev–Trinajstić information content (AvgIpc) is 3.29. The number of amides is 3. The van der Waals surface area contributed by atoms with Crippen molar-refractivity contribution in [1.82, 2.24) is 19.6 Å². The zero-order valence-corrected chi connectivity index (χ0v) is 21.3. The van der Waals surface area contributed by atoms with Gasteiger partial charge in [0.15, 0.2) is 0 Å². The van der Waals surface area contributed by atoms with Gasteiger partial charge in [-0.2, -0.15) is 5.10 Å². The molecule has 3 rings (SSSR count). The first-order chi connectivity index (χ1) is 14.7. The highest BCUT2D eigenvalue weighted by Gasteiger charge is 2.29. The maximum Gasteiger partial charge on any atom is 0.409 e. The SMILES string of the molecule is CCOC(=O)N1CCN(C(=O)C(C)n2cc(NC(=O)c3cc(Br)c(Br)s3)c(C)n2)CC1. The summed E-state index contributed by atoms with van der Waals surface area (Å²) >= 11 is 8.08. The lowest BCUT2D eigenvalue weighted by Gasteiger charge is -2.35. The number of ether oxygens (including phenoxy) is 1. The Bertz CT molecular complexity index is 965. The molecule has 1 saturated heterocycles. The van der Waals surface area contributed by atoms with Gasteiger partial charge in [0, 0.05) is 36.8 Å². The summed E-state index contributed by atoms with van der Waals surface area (Å²) < 4.78 is 8.23. The van der Waals surface area contributed by atoms with Crippen molar-refractivity contribution in [3.8, 4) is 0 Å². The molecule has 2 aromatic heterocycles. The van der Waals surface area contributed by atoms with Crippen molar-refractivity contribution >= 4 is 66.8 Å². The highest BCUT2D eigenvalue weighted by Crippen LogP contribution is 2.33. The van der Waals surface area contributed by atoms with Crippen LogP contribution in [0.4, 0.5) is 10.5 Å². The van der Waals surface area contributed by atoms with Gasteiger partial charge in [0.25, 0.3) is 5.91 Å². The first-order valence-electron chi connectivity index (χ1n) is 9.73. The Labute approximate surface area is 201 Å². The molecular weight excluding hydrogens is 554 g/mol. The van der Waals surface area contributed by atoms with Crippen LogP contribution in [-0.2, 0) is 9.53 Å². The summed E-state index contributed by atoms with van der Waals surface area (Å²) in [6.45, 7) is 7.38. The molecule has 2 aromatic rings. The quantitative estimate of drug-likeness (QED) is 0.582. The van der Waals surface area contributed by atoms with Crippen LogP contribution in [0.3, 0.4) is 0 Å². The Balaban J connectivity index is 1.62. The average molecular weight is 577 g/mol. The van der Waals surface area contributed by atoms with E-state index in [2.05, 4.69) is 42.3 Å². The lowest BCUT2D eigenvalue weighted by Crippen LogP contribution is -2.52. The second kappa shape index (κ2) is 10.1. The van der Waals surface area contributed by atoms with Gasteiger partial charge in [0.2, 0.25) is 5.91 Å². The van der Waals surface area contributed by atoms with Crippen LogP contribution in [0.25, 0.3) is 0 Å². The smallest absolute Gasteiger partial charge is 0.409 e. The predicted octanol–water partition coefficient (Wildman–Crippen LogP) is 3.89. The number of carbonyl (C=O) groups is 3. The normalized spacial score (nSPS) is 15.0. The van der Waals surface area contributed by atoms with E-state index in [1.54, 1.807) is 47.5 Å². The summed E-state index contributed by atoms with van der Waals surface area (Å²) in [5.41, 5.74) is 1.17. The van der Waals surface area contributed by atoms with Crippen molar-refractivity contribution in [2.75, 3.05) is 38.1 Å². The molecule has 0 spiro atoms. The molecule has 1 fully saturated rings. The molecule has 0 aliphatic carbocycles. The van der Waals surface area contributed by atoms with E-state index in [1.807, 2.05) is 0 Å². The maximum atomic E-state index is 12.9. The van der Waals surface area contributed by atoms with E-state index in [-0.39, 0.29) is 17.9 Å². The van der Waals surface area contributed by atoms with Gasteiger partial charge in [-0.1, -0.05) is 0 Å². The van der Waals surface area contributed by atoms with Crippen LogP contribution in [0.1, 0.15) is 35.3 Å². The van der Waals surface area contributed by atoms with Crippen molar-refractivity contribution in [3.05, 3.63) is 31.1 Å². The number of anilines is 1. The summed E-state index contributed by atoms with van der Waals surface area (Å²) in [4.78, 5) is 41.2. The van der Waals surface area contributed by atoms with Crippen molar-refractivity contribution in [3.63, 3.8) is 0 Å². The Morgan fingerprint density at radius 1 is 1.23 bits per heavy atom. The van der Waals surface area contributed by atoms with E-state index in [4.69, 9.17) is 4.74 Å². The van der Waals surface area contributed by atoms with Gasteiger partial charge in [-0.15, -0.1) is 11.3 Å². The number of halogens is 2. The predicted molar refractivity (Wildman–Crippen MR) is 125 cm³/mol. The fraction of sp³-hybridized carbons (Fsp3) is 0.474. The van der Waals surface area contributed by atoms with Crippen molar-refractivity contribution < 1.29 is 19.1 Å². The summed E-state index contributed by atoms with van der Waals surface area (Å²) in [5, 5.41) is 7.27. The molecular formula is C19H23Br2N5O4S. The number of thiophene rings is 1.